The number of rotatable bonds is 4. The van der Waals surface area contributed by atoms with Gasteiger partial charge < -0.3 is 4.90 Å². The summed E-state index contributed by atoms with van der Waals surface area (Å²) in [6.45, 7) is 5.73. The first-order valence-electron chi connectivity index (χ1n) is 6.19. The Kier molecular flexibility index (Phi) is 4.66. The smallest absolute Gasteiger partial charge is 0.249 e. The van der Waals surface area contributed by atoms with Crippen LogP contribution in [0, 0.1) is 5.92 Å². The van der Waals surface area contributed by atoms with Gasteiger partial charge in [0.2, 0.25) is 17.7 Å². The van der Waals surface area contributed by atoms with Gasteiger partial charge in [-0.3, -0.25) is 19.7 Å². The highest BCUT2D eigenvalue weighted by molar-refractivity contribution is 6.04. The van der Waals surface area contributed by atoms with Crippen molar-refractivity contribution in [2.24, 2.45) is 5.92 Å². The monoisotopic (exact) mass is 240 g/mol. The Morgan fingerprint density at radius 1 is 1.35 bits per heavy atom. The summed E-state index contributed by atoms with van der Waals surface area (Å²) < 4.78 is 0. The maximum atomic E-state index is 12.2. The maximum Gasteiger partial charge on any atom is 0.249 e. The molecule has 1 N–H and O–H groups in total. The number of imide groups is 1. The molecule has 0 aromatic heterocycles. The zero-order valence-electron chi connectivity index (χ0n) is 10.7. The van der Waals surface area contributed by atoms with E-state index < -0.39 is 6.04 Å². The van der Waals surface area contributed by atoms with Crippen molar-refractivity contribution in [2.75, 3.05) is 6.54 Å². The van der Waals surface area contributed by atoms with Gasteiger partial charge in [-0.15, -0.1) is 0 Å². The molecular formula is C12H20N2O3. The van der Waals surface area contributed by atoms with Crippen molar-refractivity contribution in [2.45, 2.75) is 46.1 Å². The van der Waals surface area contributed by atoms with Crippen molar-refractivity contribution in [1.29, 1.82) is 0 Å². The van der Waals surface area contributed by atoms with Crippen LogP contribution in [-0.4, -0.2) is 35.2 Å². The molecule has 0 spiro atoms. The van der Waals surface area contributed by atoms with Crippen LogP contribution in [0.2, 0.25) is 0 Å². The van der Waals surface area contributed by atoms with Crippen LogP contribution in [-0.2, 0) is 14.4 Å². The van der Waals surface area contributed by atoms with Crippen molar-refractivity contribution in [3.8, 4) is 0 Å². The van der Waals surface area contributed by atoms with Gasteiger partial charge in [0.15, 0.2) is 0 Å². The Bertz CT molecular complexity index is 324. The summed E-state index contributed by atoms with van der Waals surface area (Å²) in [7, 11) is 0. The summed E-state index contributed by atoms with van der Waals surface area (Å²) in [5, 5.41) is 2.27. The van der Waals surface area contributed by atoms with E-state index >= 15 is 0 Å². The molecule has 17 heavy (non-hydrogen) atoms. The molecule has 1 unspecified atom stereocenters. The Morgan fingerprint density at radius 2 is 1.94 bits per heavy atom. The highest BCUT2D eigenvalue weighted by Gasteiger charge is 2.37. The number of nitrogens with zero attached hydrogens (tertiary/aromatic N) is 1. The first-order chi connectivity index (χ1) is 8.04. The van der Waals surface area contributed by atoms with Gasteiger partial charge in [0.1, 0.15) is 12.6 Å². The van der Waals surface area contributed by atoms with Crippen molar-refractivity contribution in [1.82, 2.24) is 10.2 Å². The predicted octanol–water partition coefficient (Wildman–Crippen LogP) is 0.686. The standard InChI is InChI=1S/C12H20N2O3/c1-4-8(5-2)12(17)14-7-10(15)13-11(16)9(14)6-3/h8-9H,4-7H2,1-3H3,(H,13,15,16). The van der Waals surface area contributed by atoms with Crippen molar-refractivity contribution in [3.63, 3.8) is 0 Å². The lowest BCUT2D eigenvalue weighted by molar-refractivity contribution is -0.152. The molecule has 5 nitrogen and oxygen atoms in total. The fourth-order valence-corrected chi connectivity index (χ4v) is 2.18. The minimum Gasteiger partial charge on any atom is -0.321 e. The molecule has 0 aromatic carbocycles. The molecule has 0 aromatic rings. The number of piperazine rings is 1. The van der Waals surface area contributed by atoms with Crippen LogP contribution in [0.1, 0.15) is 40.0 Å². The average molecular weight is 240 g/mol. The van der Waals surface area contributed by atoms with E-state index in [1.807, 2.05) is 20.8 Å². The molecule has 1 heterocycles. The highest BCUT2D eigenvalue weighted by atomic mass is 16.2. The number of nitrogens with one attached hydrogen (secondary N) is 1. The maximum absolute atomic E-state index is 12.2. The fourth-order valence-electron chi connectivity index (χ4n) is 2.18. The van der Waals surface area contributed by atoms with Crippen molar-refractivity contribution < 1.29 is 14.4 Å². The third kappa shape index (κ3) is 2.84. The van der Waals surface area contributed by atoms with E-state index in [0.717, 1.165) is 12.8 Å². The third-order valence-electron chi connectivity index (χ3n) is 3.26. The van der Waals surface area contributed by atoms with Crippen molar-refractivity contribution in [3.05, 3.63) is 0 Å². The second-order valence-corrected chi connectivity index (χ2v) is 4.32. The molecule has 1 aliphatic heterocycles. The first kappa shape index (κ1) is 13.7. The molecule has 1 saturated heterocycles. The van der Waals surface area contributed by atoms with E-state index in [0.29, 0.717) is 6.42 Å². The van der Waals surface area contributed by atoms with Crippen LogP contribution < -0.4 is 5.32 Å². The molecule has 1 fully saturated rings. The topological polar surface area (TPSA) is 66.5 Å². The van der Waals surface area contributed by atoms with Gasteiger partial charge in [-0.2, -0.15) is 0 Å². The summed E-state index contributed by atoms with van der Waals surface area (Å²) in [6.07, 6.45) is 2.00. The Balaban J connectivity index is 2.88. The van der Waals surface area contributed by atoms with Gasteiger partial charge in [-0.25, -0.2) is 0 Å². The Hall–Kier alpha value is -1.39. The average Bonchev–Trinajstić information content (AvgIpc) is 2.29. The molecule has 0 aliphatic carbocycles. The zero-order valence-corrected chi connectivity index (χ0v) is 10.7. The number of amides is 3. The van der Waals surface area contributed by atoms with Gasteiger partial charge in [0, 0.05) is 5.92 Å². The first-order valence-corrected chi connectivity index (χ1v) is 6.19. The van der Waals surface area contributed by atoms with Crippen LogP contribution in [0.4, 0.5) is 0 Å². The minimum absolute atomic E-state index is 0.000417. The molecule has 1 aliphatic rings. The lowest BCUT2D eigenvalue weighted by Crippen LogP contribution is -2.60. The molecule has 0 bridgehead atoms. The lowest BCUT2D eigenvalue weighted by atomic mass is 9.99. The SMILES string of the molecule is CCC(CC)C(=O)N1CC(=O)NC(=O)C1CC. The minimum atomic E-state index is -0.499. The molecule has 5 heteroatoms. The summed E-state index contributed by atoms with van der Waals surface area (Å²) >= 11 is 0. The largest absolute Gasteiger partial charge is 0.321 e. The van der Waals surface area contributed by atoms with Crippen molar-refractivity contribution >= 4 is 17.7 Å². The molecule has 1 atom stereocenters. The number of hydrogen-bond acceptors (Lipinski definition) is 3. The Labute approximate surface area is 102 Å². The van der Waals surface area contributed by atoms with Crippen LogP contribution in [0.25, 0.3) is 0 Å². The number of hydrogen-bond donors (Lipinski definition) is 1. The van der Waals surface area contributed by atoms with Crippen LogP contribution in [0.5, 0.6) is 0 Å². The second-order valence-electron chi connectivity index (χ2n) is 4.32. The molecular weight excluding hydrogens is 220 g/mol. The van der Waals surface area contributed by atoms with Gasteiger partial charge in [-0.05, 0) is 19.3 Å². The number of carbonyl (C=O) groups is 3. The zero-order chi connectivity index (χ0) is 13.0. The van der Waals surface area contributed by atoms with Crippen LogP contribution in [0.3, 0.4) is 0 Å². The Morgan fingerprint density at radius 3 is 2.41 bits per heavy atom. The van der Waals surface area contributed by atoms with E-state index in [-0.39, 0.29) is 30.2 Å². The van der Waals surface area contributed by atoms with E-state index in [1.54, 1.807) is 0 Å². The summed E-state index contributed by atoms with van der Waals surface area (Å²) in [4.78, 5) is 36.6. The van der Waals surface area contributed by atoms with Gasteiger partial charge in [-0.1, -0.05) is 20.8 Å². The highest BCUT2D eigenvalue weighted by Crippen LogP contribution is 2.17. The van der Waals surface area contributed by atoms with E-state index in [1.165, 1.54) is 4.90 Å². The van der Waals surface area contributed by atoms with E-state index in [9.17, 15) is 14.4 Å². The normalized spacial score (nSPS) is 20.7. The molecule has 0 saturated carbocycles. The van der Waals surface area contributed by atoms with Crippen LogP contribution >= 0.6 is 0 Å². The fraction of sp³-hybridized carbons (Fsp3) is 0.750. The molecule has 0 radical (unpaired) electrons. The summed E-state index contributed by atoms with van der Waals surface area (Å²) in [5.74, 6) is -0.921. The van der Waals surface area contributed by atoms with E-state index in [4.69, 9.17) is 0 Å². The van der Waals surface area contributed by atoms with Crippen LogP contribution in [0.15, 0.2) is 0 Å². The summed E-state index contributed by atoms with van der Waals surface area (Å²) in [6, 6.07) is -0.499. The lowest BCUT2D eigenvalue weighted by Gasteiger charge is -2.35. The second kappa shape index (κ2) is 5.80. The van der Waals surface area contributed by atoms with Gasteiger partial charge in [0.25, 0.3) is 0 Å². The van der Waals surface area contributed by atoms with E-state index in [2.05, 4.69) is 5.32 Å². The van der Waals surface area contributed by atoms with Gasteiger partial charge in [0.05, 0.1) is 0 Å². The quantitative estimate of drug-likeness (QED) is 0.735. The van der Waals surface area contributed by atoms with Gasteiger partial charge >= 0.3 is 0 Å². The summed E-state index contributed by atoms with van der Waals surface area (Å²) in [5.41, 5.74) is 0. The molecule has 3 amide bonds. The molecule has 96 valence electrons. The number of carbonyl (C=O) groups excluding carboxylic acids is 3. The molecule has 1 rings (SSSR count). The predicted molar refractivity (Wildman–Crippen MR) is 63.0 cm³/mol. The third-order valence-corrected chi connectivity index (χ3v) is 3.26.